The lowest BCUT2D eigenvalue weighted by molar-refractivity contribution is -0.154. The van der Waals surface area contributed by atoms with Gasteiger partial charge in [-0.3, -0.25) is 9.59 Å². The Kier molecular flexibility index (Phi) is 5.89. The third-order valence-corrected chi connectivity index (χ3v) is 3.67. The summed E-state index contributed by atoms with van der Waals surface area (Å²) in [5, 5.41) is 2.80. The van der Waals surface area contributed by atoms with Gasteiger partial charge in [0, 0.05) is 6.04 Å². The second kappa shape index (κ2) is 7.90. The van der Waals surface area contributed by atoms with Crippen LogP contribution in [0.1, 0.15) is 25.3 Å². The highest BCUT2D eigenvalue weighted by atomic mass is 16.5. The van der Waals surface area contributed by atoms with Crippen molar-refractivity contribution < 1.29 is 28.5 Å². The molecule has 1 fully saturated rings. The van der Waals surface area contributed by atoms with Gasteiger partial charge in [0.25, 0.3) is 5.91 Å². The van der Waals surface area contributed by atoms with Crippen LogP contribution in [0.2, 0.25) is 0 Å². The van der Waals surface area contributed by atoms with E-state index in [1.165, 1.54) is 21.3 Å². The molecule has 0 unspecified atom stereocenters. The normalized spacial score (nSPS) is 14.5. The number of hydrogen-bond acceptors (Lipinski definition) is 6. The van der Waals surface area contributed by atoms with E-state index in [-0.39, 0.29) is 18.4 Å². The van der Waals surface area contributed by atoms with E-state index in [4.69, 9.17) is 18.9 Å². The SMILES string of the molecule is COc1cc(CC(=O)O[C@@H](C)C(=O)NC2CC2)cc(OC)c1OC. The molecular weight excluding hydrogens is 314 g/mol. The van der Waals surface area contributed by atoms with Crippen LogP contribution in [0.15, 0.2) is 12.1 Å². The molecule has 0 aromatic heterocycles. The smallest absolute Gasteiger partial charge is 0.311 e. The van der Waals surface area contributed by atoms with Gasteiger partial charge in [0.1, 0.15) is 0 Å². The number of carbonyl (C=O) groups is 2. The summed E-state index contributed by atoms with van der Waals surface area (Å²) in [6.45, 7) is 1.56. The Bertz CT molecular complexity index is 586. The van der Waals surface area contributed by atoms with Crippen molar-refractivity contribution in [2.75, 3.05) is 21.3 Å². The highest BCUT2D eigenvalue weighted by molar-refractivity contribution is 5.84. The standard InChI is InChI=1S/C17H23NO6/c1-10(17(20)18-12-5-6-12)24-15(19)9-11-7-13(21-2)16(23-4)14(8-11)22-3/h7-8,10,12H,5-6,9H2,1-4H3,(H,18,20)/t10-/m0/s1. The van der Waals surface area contributed by atoms with Gasteiger partial charge in [-0.15, -0.1) is 0 Å². The molecule has 7 heteroatoms. The van der Waals surface area contributed by atoms with E-state index in [2.05, 4.69) is 5.32 Å². The summed E-state index contributed by atoms with van der Waals surface area (Å²) in [4.78, 5) is 23.9. The number of hydrogen-bond donors (Lipinski definition) is 1. The highest BCUT2D eigenvalue weighted by Crippen LogP contribution is 2.38. The topological polar surface area (TPSA) is 83.1 Å². The van der Waals surface area contributed by atoms with Crippen LogP contribution in [0.25, 0.3) is 0 Å². The Morgan fingerprint density at radius 2 is 1.71 bits per heavy atom. The van der Waals surface area contributed by atoms with E-state index >= 15 is 0 Å². The largest absolute Gasteiger partial charge is 0.493 e. The molecule has 0 bridgehead atoms. The lowest BCUT2D eigenvalue weighted by atomic mass is 10.1. The zero-order chi connectivity index (χ0) is 17.7. The fourth-order valence-electron chi connectivity index (χ4n) is 2.24. The molecule has 0 aliphatic heterocycles. The molecule has 132 valence electrons. The van der Waals surface area contributed by atoms with Gasteiger partial charge in [-0.25, -0.2) is 0 Å². The second-order valence-corrected chi connectivity index (χ2v) is 5.63. The van der Waals surface area contributed by atoms with Crippen molar-refractivity contribution >= 4 is 11.9 Å². The summed E-state index contributed by atoms with van der Waals surface area (Å²) in [5.41, 5.74) is 0.643. The van der Waals surface area contributed by atoms with Crippen LogP contribution < -0.4 is 19.5 Å². The van der Waals surface area contributed by atoms with Crippen molar-refractivity contribution in [1.29, 1.82) is 0 Å². The molecule has 1 atom stereocenters. The van der Waals surface area contributed by atoms with E-state index in [0.717, 1.165) is 12.8 Å². The van der Waals surface area contributed by atoms with E-state index in [9.17, 15) is 9.59 Å². The van der Waals surface area contributed by atoms with Crippen LogP contribution in [0.4, 0.5) is 0 Å². The number of rotatable bonds is 8. The first-order chi connectivity index (χ1) is 11.5. The van der Waals surface area contributed by atoms with Crippen molar-refractivity contribution in [2.24, 2.45) is 0 Å². The number of amides is 1. The van der Waals surface area contributed by atoms with Gasteiger partial charge in [0.05, 0.1) is 27.8 Å². The molecule has 1 aromatic rings. The van der Waals surface area contributed by atoms with Gasteiger partial charge in [-0.1, -0.05) is 0 Å². The minimum absolute atomic E-state index is 0.00222. The maximum Gasteiger partial charge on any atom is 0.311 e. The molecule has 0 saturated heterocycles. The molecule has 1 aromatic carbocycles. The molecule has 24 heavy (non-hydrogen) atoms. The zero-order valence-electron chi connectivity index (χ0n) is 14.4. The van der Waals surface area contributed by atoms with Crippen molar-refractivity contribution in [1.82, 2.24) is 5.32 Å². The third kappa shape index (κ3) is 4.53. The summed E-state index contributed by atoms with van der Waals surface area (Å²) >= 11 is 0. The van der Waals surface area contributed by atoms with Crippen LogP contribution in [0, 0.1) is 0 Å². The maximum atomic E-state index is 12.1. The first-order valence-electron chi connectivity index (χ1n) is 7.77. The van der Waals surface area contributed by atoms with E-state index in [1.807, 2.05) is 0 Å². The van der Waals surface area contributed by atoms with Gasteiger partial charge in [-0.2, -0.15) is 0 Å². The molecular formula is C17H23NO6. The molecule has 1 saturated carbocycles. The molecule has 1 aliphatic carbocycles. The first-order valence-corrected chi connectivity index (χ1v) is 7.77. The van der Waals surface area contributed by atoms with E-state index in [0.29, 0.717) is 22.8 Å². The maximum absolute atomic E-state index is 12.1. The van der Waals surface area contributed by atoms with E-state index in [1.54, 1.807) is 19.1 Å². The van der Waals surface area contributed by atoms with Gasteiger partial charge in [0.15, 0.2) is 17.6 Å². The Hall–Kier alpha value is -2.44. The van der Waals surface area contributed by atoms with E-state index < -0.39 is 12.1 Å². The fraction of sp³-hybridized carbons (Fsp3) is 0.529. The Morgan fingerprint density at radius 1 is 1.12 bits per heavy atom. The van der Waals surface area contributed by atoms with Gasteiger partial charge in [-0.05, 0) is 37.5 Å². The second-order valence-electron chi connectivity index (χ2n) is 5.63. The fourth-order valence-corrected chi connectivity index (χ4v) is 2.24. The Labute approximate surface area is 141 Å². The number of ether oxygens (including phenoxy) is 4. The summed E-state index contributed by atoms with van der Waals surface area (Å²) in [7, 11) is 4.52. The lowest BCUT2D eigenvalue weighted by Gasteiger charge is -2.15. The van der Waals surface area contributed by atoms with Gasteiger partial charge in [0.2, 0.25) is 5.75 Å². The average Bonchev–Trinajstić information content (AvgIpc) is 3.37. The molecule has 1 amide bonds. The highest BCUT2D eigenvalue weighted by Gasteiger charge is 2.27. The minimum Gasteiger partial charge on any atom is -0.493 e. The Balaban J connectivity index is 2.01. The molecule has 1 aliphatic rings. The number of benzene rings is 1. The van der Waals surface area contributed by atoms with Crippen molar-refractivity contribution in [3.63, 3.8) is 0 Å². The first kappa shape index (κ1) is 17.9. The monoisotopic (exact) mass is 337 g/mol. The Morgan fingerprint density at radius 3 is 2.17 bits per heavy atom. The van der Waals surface area contributed by atoms with Crippen LogP contribution in [-0.2, 0) is 20.7 Å². The number of nitrogens with one attached hydrogen (secondary N) is 1. The third-order valence-electron chi connectivity index (χ3n) is 3.67. The minimum atomic E-state index is -0.819. The predicted octanol–water partition coefficient (Wildman–Crippen LogP) is 1.47. The lowest BCUT2D eigenvalue weighted by Crippen LogP contribution is -2.37. The average molecular weight is 337 g/mol. The molecule has 0 spiro atoms. The summed E-state index contributed by atoms with van der Waals surface area (Å²) in [6.07, 6.45) is 1.15. The number of carbonyl (C=O) groups excluding carboxylic acids is 2. The molecule has 7 nitrogen and oxygen atoms in total. The summed E-state index contributed by atoms with van der Waals surface area (Å²) in [6, 6.07) is 3.59. The van der Waals surface area contributed by atoms with Crippen molar-refractivity contribution in [2.45, 2.75) is 38.3 Å². The predicted molar refractivity (Wildman–Crippen MR) is 86.5 cm³/mol. The summed E-state index contributed by atoms with van der Waals surface area (Å²) < 4.78 is 20.9. The van der Waals surface area contributed by atoms with Crippen LogP contribution in [0.5, 0.6) is 17.2 Å². The quantitative estimate of drug-likeness (QED) is 0.723. The molecule has 0 heterocycles. The van der Waals surface area contributed by atoms with Crippen molar-refractivity contribution in [3.8, 4) is 17.2 Å². The summed E-state index contributed by atoms with van der Waals surface area (Å²) in [5.74, 6) is 0.603. The van der Waals surface area contributed by atoms with Crippen molar-refractivity contribution in [3.05, 3.63) is 17.7 Å². The van der Waals surface area contributed by atoms with Crippen LogP contribution in [0.3, 0.4) is 0 Å². The van der Waals surface area contributed by atoms with Gasteiger partial charge < -0.3 is 24.3 Å². The van der Waals surface area contributed by atoms with Gasteiger partial charge >= 0.3 is 5.97 Å². The number of methoxy groups -OCH3 is 3. The van der Waals surface area contributed by atoms with Crippen LogP contribution >= 0.6 is 0 Å². The molecule has 1 N–H and O–H groups in total. The number of esters is 1. The van der Waals surface area contributed by atoms with Crippen LogP contribution in [-0.4, -0.2) is 45.4 Å². The molecule has 0 radical (unpaired) electrons. The molecule has 2 rings (SSSR count). The zero-order valence-corrected chi connectivity index (χ0v) is 14.4.